The van der Waals surface area contributed by atoms with Gasteiger partial charge in [-0.15, -0.1) is 0 Å². The summed E-state index contributed by atoms with van der Waals surface area (Å²) < 4.78 is 33.1. The first kappa shape index (κ1) is 22.9. The van der Waals surface area contributed by atoms with Crippen molar-refractivity contribution in [2.24, 2.45) is 0 Å². The van der Waals surface area contributed by atoms with Crippen LogP contribution in [0.25, 0.3) is 0 Å². The van der Waals surface area contributed by atoms with Gasteiger partial charge >= 0.3 is 0 Å². The predicted octanol–water partition coefficient (Wildman–Crippen LogP) is 3.34. The van der Waals surface area contributed by atoms with Crippen molar-refractivity contribution in [2.45, 2.75) is 37.1 Å². The maximum Gasteiger partial charge on any atom is 0.255 e. The molecule has 172 valence electrons. The quantitative estimate of drug-likeness (QED) is 0.720. The van der Waals surface area contributed by atoms with Crippen molar-refractivity contribution in [3.05, 3.63) is 59.7 Å². The first-order valence-electron chi connectivity index (χ1n) is 11.3. The molecule has 1 N–H and O–H groups in total. The number of morpholine rings is 1. The summed E-state index contributed by atoms with van der Waals surface area (Å²) in [7, 11) is -3.57. The minimum absolute atomic E-state index is 0.221. The maximum atomic E-state index is 13.1. The molecule has 1 amide bonds. The van der Waals surface area contributed by atoms with Gasteiger partial charge in [-0.25, -0.2) is 8.42 Å². The third-order valence-corrected chi connectivity index (χ3v) is 7.89. The van der Waals surface area contributed by atoms with Gasteiger partial charge < -0.3 is 10.1 Å². The number of hydrogen-bond donors (Lipinski definition) is 1. The molecule has 2 heterocycles. The Balaban J connectivity index is 1.45. The fourth-order valence-electron chi connectivity index (χ4n) is 4.20. The molecule has 8 heteroatoms. The largest absolute Gasteiger partial charge is 0.379 e. The van der Waals surface area contributed by atoms with Crippen LogP contribution in [0.4, 0.5) is 5.69 Å². The molecular weight excluding hydrogens is 426 g/mol. The van der Waals surface area contributed by atoms with Crippen molar-refractivity contribution in [3.8, 4) is 0 Å². The van der Waals surface area contributed by atoms with Crippen molar-refractivity contribution >= 4 is 21.6 Å². The second-order valence-electron chi connectivity index (χ2n) is 8.39. The summed E-state index contributed by atoms with van der Waals surface area (Å²) in [6.07, 6.45) is 3.90. The summed E-state index contributed by atoms with van der Waals surface area (Å²) in [6, 6.07) is 14.1. The Kier molecular flexibility index (Phi) is 7.57. The summed E-state index contributed by atoms with van der Waals surface area (Å²) in [5.41, 5.74) is 2.10. The highest BCUT2D eigenvalue weighted by molar-refractivity contribution is 7.89. The number of nitrogens with zero attached hydrogens (tertiary/aromatic N) is 2. The minimum Gasteiger partial charge on any atom is -0.379 e. The molecule has 4 rings (SSSR count). The number of sulfonamides is 1. The van der Waals surface area contributed by atoms with Crippen LogP contribution in [-0.2, 0) is 21.3 Å². The van der Waals surface area contributed by atoms with E-state index in [9.17, 15) is 13.2 Å². The van der Waals surface area contributed by atoms with Crippen LogP contribution in [0.3, 0.4) is 0 Å². The highest BCUT2D eigenvalue weighted by Crippen LogP contribution is 2.23. The van der Waals surface area contributed by atoms with Crippen LogP contribution in [0.5, 0.6) is 0 Å². The van der Waals surface area contributed by atoms with Gasteiger partial charge in [0.25, 0.3) is 5.91 Å². The first-order chi connectivity index (χ1) is 15.5. The van der Waals surface area contributed by atoms with Gasteiger partial charge in [-0.2, -0.15) is 4.31 Å². The van der Waals surface area contributed by atoms with E-state index in [1.165, 1.54) is 0 Å². The second kappa shape index (κ2) is 10.6. The molecule has 0 atom stereocenters. The molecule has 32 heavy (non-hydrogen) atoms. The molecule has 0 unspecified atom stereocenters. The molecule has 2 saturated heterocycles. The lowest BCUT2D eigenvalue weighted by Crippen LogP contribution is -2.35. The molecule has 2 aliphatic rings. The number of ether oxygens (including phenoxy) is 1. The van der Waals surface area contributed by atoms with Gasteiger partial charge in [0.1, 0.15) is 0 Å². The Hall–Kier alpha value is -2.26. The van der Waals surface area contributed by atoms with Gasteiger partial charge in [-0.1, -0.05) is 31.0 Å². The smallest absolute Gasteiger partial charge is 0.255 e. The Morgan fingerprint density at radius 3 is 2.38 bits per heavy atom. The lowest BCUT2D eigenvalue weighted by molar-refractivity contribution is 0.0342. The van der Waals surface area contributed by atoms with E-state index in [4.69, 9.17) is 4.74 Å². The summed E-state index contributed by atoms with van der Waals surface area (Å²) in [5.74, 6) is -0.252. The van der Waals surface area contributed by atoms with Gasteiger partial charge in [0.2, 0.25) is 10.0 Å². The topological polar surface area (TPSA) is 79.0 Å². The van der Waals surface area contributed by atoms with E-state index in [-0.39, 0.29) is 10.8 Å². The molecule has 0 saturated carbocycles. The molecule has 0 aliphatic carbocycles. The number of benzene rings is 2. The fraction of sp³-hybridized carbons (Fsp3) is 0.458. The minimum atomic E-state index is -3.57. The number of rotatable bonds is 6. The molecule has 7 nitrogen and oxygen atoms in total. The average molecular weight is 458 g/mol. The third-order valence-electron chi connectivity index (χ3n) is 5.99. The fourth-order valence-corrected chi connectivity index (χ4v) is 5.76. The van der Waals surface area contributed by atoms with Gasteiger partial charge in [0, 0.05) is 44.0 Å². The maximum absolute atomic E-state index is 13.1. The summed E-state index contributed by atoms with van der Waals surface area (Å²) in [5, 5.41) is 2.86. The molecule has 2 aromatic rings. The zero-order valence-corrected chi connectivity index (χ0v) is 19.1. The summed E-state index contributed by atoms with van der Waals surface area (Å²) in [4.78, 5) is 15.4. The number of amides is 1. The van der Waals surface area contributed by atoms with Crippen LogP contribution >= 0.6 is 0 Å². The lowest BCUT2D eigenvalue weighted by atomic mass is 10.1. The van der Waals surface area contributed by atoms with Crippen molar-refractivity contribution in [1.29, 1.82) is 0 Å². The van der Waals surface area contributed by atoms with Crippen LogP contribution in [-0.4, -0.2) is 62.9 Å². The molecule has 2 aliphatic heterocycles. The molecule has 0 radical (unpaired) electrons. The molecule has 2 fully saturated rings. The van der Waals surface area contributed by atoms with E-state index in [1.807, 2.05) is 18.2 Å². The highest BCUT2D eigenvalue weighted by atomic mass is 32.2. The van der Waals surface area contributed by atoms with Crippen molar-refractivity contribution in [1.82, 2.24) is 9.21 Å². The van der Waals surface area contributed by atoms with Gasteiger partial charge in [-0.05, 0) is 48.7 Å². The van der Waals surface area contributed by atoms with E-state index < -0.39 is 10.0 Å². The van der Waals surface area contributed by atoms with E-state index >= 15 is 0 Å². The van der Waals surface area contributed by atoms with Crippen LogP contribution in [0.2, 0.25) is 0 Å². The van der Waals surface area contributed by atoms with Crippen LogP contribution in [0.1, 0.15) is 41.6 Å². The first-order valence-corrected chi connectivity index (χ1v) is 12.8. The summed E-state index contributed by atoms with van der Waals surface area (Å²) >= 11 is 0. The molecule has 0 spiro atoms. The Labute approximate surface area is 190 Å². The van der Waals surface area contributed by atoms with Crippen molar-refractivity contribution in [3.63, 3.8) is 0 Å². The Morgan fingerprint density at radius 2 is 1.62 bits per heavy atom. The Morgan fingerprint density at radius 1 is 0.906 bits per heavy atom. The molecule has 2 aromatic carbocycles. The van der Waals surface area contributed by atoms with Crippen LogP contribution < -0.4 is 5.32 Å². The zero-order valence-electron chi connectivity index (χ0n) is 18.3. The SMILES string of the molecule is O=C(Nc1cccc(S(=O)(=O)N2CCCCCC2)c1)c1cccc(CN2CCOCC2)c1. The predicted molar refractivity (Wildman–Crippen MR) is 124 cm³/mol. The van der Waals surface area contributed by atoms with Crippen LogP contribution in [0.15, 0.2) is 53.4 Å². The summed E-state index contributed by atoms with van der Waals surface area (Å²) in [6.45, 7) is 5.11. The third kappa shape index (κ3) is 5.75. The average Bonchev–Trinajstić information content (AvgIpc) is 3.10. The molecule has 0 bridgehead atoms. The van der Waals surface area contributed by atoms with E-state index in [2.05, 4.69) is 10.2 Å². The van der Waals surface area contributed by atoms with Gasteiger partial charge in [0.15, 0.2) is 0 Å². The standard InChI is InChI=1S/C24H31N3O4S/c28-24(21-8-5-7-20(17-21)19-26-13-15-31-16-14-26)25-22-9-6-10-23(18-22)32(29,30)27-11-3-1-2-4-12-27/h5-10,17-18H,1-4,11-16,19H2,(H,25,28). The lowest BCUT2D eigenvalue weighted by Gasteiger charge is -2.26. The van der Waals surface area contributed by atoms with Gasteiger partial charge in [-0.3, -0.25) is 9.69 Å². The second-order valence-corrected chi connectivity index (χ2v) is 10.3. The monoisotopic (exact) mass is 457 g/mol. The Bertz CT molecular complexity index is 1030. The number of hydrogen-bond acceptors (Lipinski definition) is 5. The molecular formula is C24H31N3O4S. The zero-order chi connectivity index (χ0) is 22.4. The van der Waals surface area contributed by atoms with Gasteiger partial charge in [0.05, 0.1) is 18.1 Å². The van der Waals surface area contributed by atoms with Crippen molar-refractivity contribution in [2.75, 3.05) is 44.7 Å². The van der Waals surface area contributed by atoms with E-state index in [1.54, 1.807) is 34.6 Å². The number of anilines is 1. The number of nitrogens with one attached hydrogen (secondary N) is 1. The van der Waals surface area contributed by atoms with Crippen LogP contribution in [0, 0.1) is 0 Å². The highest BCUT2D eigenvalue weighted by Gasteiger charge is 2.25. The normalized spacial score (nSPS) is 18.8. The molecule has 0 aromatic heterocycles. The number of carbonyl (C=O) groups is 1. The van der Waals surface area contributed by atoms with E-state index in [0.717, 1.165) is 64.1 Å². The van der Waals surface area contributed by atoms with Crippen molar-refractivity contribution < 1.29 is 17.9 Å². The number of carbonyl (C=O) groups excluding carboxylic acids is 1. The van der Waals surface area contributed by atoms with E-state index in [0.29, 0.717) is 24.3 Å².